The van der Waals surface area contributed by atoms with Crippen molar-refractivity contribution >= 4 is 21.6 Å². The van der Waals surface area contributed by atoms with Crippen LogP contribution in [0, 0.1) is 13.8 Å². The number of nitrogens with one attached hydrogen (secondary N) is 1. The molecule has 0 saturated carbocycles. The van der Waals surface area contributed by atoms with Crippen molar-refractivity contribution in [1.82, 2.24) is 5.32 Å². The van der Waals surface area contributed by atoms with Gasteiger partial charge in [-0.25, -0.2) is 8.42 Å². The summed E-state index contributed by atoms with van der Waals surface area (Å²) in [5.41, 5.74) is 3.27. The van der Waals surface area contributed by atoms with Crippen LogP contribution in [0.25, 0.3) is 0 Å². The van der Waals surface area contributed by atoms with Crippen molar-refractivity contribution in [2.75, 3.05) is 17.2 Å². The second-order valence-electron chi connectivity index (χ2n) is 7.13. The monoisotopic (exact) mass is 418 g/mol. The van der Waals surface area contributed by atoms with Crippen LogP contribution in [0.15, 0.2) is 42.5 Å². The molecule has 0 aliphatic carbocycles. The van der Waals surface area contributed by atoms with Crippen LogP contribution < -0.4 is 14.4 Å². The van der Waals surface area contributed by atoms with Crippen LogP contribution in [-0.2, 0) is 21.4 Å². The SMILES string of the molecule is CCOc1cccc(CNC(=O)[C@H](CC)N(c2cc(C)cc(C)c2)S(C)(=O)=O)c1. The number of hydrogen-bond acceptors (Lipinski definition) is 4. The Morgan fingerprint density at radius 2 is 1.76 bits per heavy atom. The molecule has 0 aliphatic rings. The Morgan fingerprint density at radius 1 is 1.10 bits per heavy atom. The first-order valence-corrected chi connectivity index (χ1v) is 11.6. The van der Waals surface area contributed by atoms with E-state index in [4.69, 9.17) is 4.74 Å². The maximum Gasteiger partial charge on any atom is 0.244 e. The molecule has 1 amide bonds. The topological polar surface area (TPSA) is 75.7 Å². The van der Waals surface area contributed by atoms with E-state index in [1.54, 1.807) is 19.1 Å². The molecule has 0 aliphatic heterocycles. The summed E-state index contributed by atoms with van der Waals surface area (Å²) < 4.78 is 31.9. The number of anilines is 1. The number of nitrogens with zero attached hydrogens (tertiary/aromatic N) is 1. The number of sulfonamides is 1. The minimum atomic E-state index is -3.65. The van der Waals surface area contributed by atoms with E-state index < -0.39 is 16.1 Å². The van der Waals surface area contributed by atoms with Gasteiger partial charge in [0.25, 0.3) is 0 Å². The van der Waals surface area contributed by atoms with Gasteiger partial charge in [0.15, 0.2) is 0 Å². The Hall–Kier alpha value is -2.54. The number of hydrogen-bond donors (Lipinski definition) is 1. The summed E-state index contributed by atoms with van der Waals surface area (Å²) in [4.78, 5) is 12.9. The van der Waals surface area contributed by atoms with Gasteiger partial charge in [0.05, 0.1) is 18.6 Å². The quantitative estimate of drug-likeness (QED) is 0.676. The minimum Gasteiger partial charge on any atom is -0.494 e. The third-order valence-corrected chi connectivity index (χ3v) is 5.65. The van der Waals surface area contributed by atoms with E-state index in [0.29, 0.717) is 25.3 Å². The van der Waals surface area contributed by atoms with Crippen LogP contribution in [0.2, 0.25) is 0 Å². The first kappa shape index (κ1) is 22.7. The van der Waals surface area contributed by atoms with Crippen molar-refractivity contribution in [3.63, 3.8) is 0 Å². The highest BCUT2D eigenvalue weighted by atomic mass is 32.2. The Labute approximate surface area is 173 Å². The van der Waals surface area contributed by atoms with E-state index in [0.717, 1.165) is 28.7 Å². The van der Waals surface area contributed by atoms with Crippen molar-refractivity contribution in [3.8, 4) is 5.75 Å². The van der Waals surface area contributed by atoms with Crippen LogP contribution in [0.4, 0.5) is 5.69 Å². The number of aryl methyl sites for hydroxylation is 2. The van der Waals surface area contributed by atoms with Gasteiger partial charge in [-0.05, 0) is 68.1 Å². The molecule has 29 heavy (non-hydrogen) atoms. The molecule has 2 aromatic carbocycles. The molecule has 158 valence electrons. The molecule has 0 radical (unpaired) electrons. The number of benzene rings is 2. The lowest BCUT2D eigenvalue weighted by atomic mass is 10.1. The van der Waals surface area contributed by atoms with Crippen LogP contribution in [-0.4, -0.2) is 33.2 Å². The lowest BCUT2D eigenvalue weighted by molar-refractivity contribution is -0.122. The number of amides is 1. The predicted octanol–water partition coefficient (Wildman–Crippen LogP) is 3.56. The molecule has 1 N–H and O–H groups in total. The Balaban J connectivity index is 2.25. The van der Waals surface area contributed by atoms with Crippen LogP contribution in [0.3, 0.4) is 0 Å². The molecular formula is C22H30N2O4S. The van der Waals surface area contributed by atoms with Gasteiger partial charge in [0.2, 0.25) is 15.9 Å². The zero-order valence-corrected chi connectivity index (χ0v) is 18.5. The summed E-state index contributed by atoms with van der Waals surface area (Å²) in [5, 5.41) is 2.87. The van der Waals surface area contributed by atoms with Gasteiger partial charge in [-0.3, -0.25) is 9.10 Å². The second kappa shape index (κ2) is 9.78. The van der Waals surface area contributed by atoms with Crippen LogP contribution >= 0.6 is 0 Å². The van der Waals surface area contributed by atoms with Gasteiger partial charge in [-0.15, -0.1) is 0 Å². The molecule has 6 nitrogen and oxygen atoms in total. The van der Waals surface area contributed by atoms with Crippen molar-refractivity contribution < 1.29 is 17.9 Å². The van der Waals surface area contributed by atoms with Gasteiger partial charge in [0, 0.05) is 6.54 Å². The van der Waals surface area contributed by atoms with Crippen LogP contribution in [0.5, 0.6) is 5.75 Å². The van der Waals surface area contributed by atoms with Gasteiger partial charge >= 0.3 is 0 Å². The highest BCUT2D eigenvalue weighted by molar-refractivity contribution is 7.92. The van der Waals surface area contributed by atoms with E-state index in [1.807, 2.05) is 51.1 Å². The fourth-order valence-electron chi connectivity index (χ4n) is 3.36. The largest absolute Gasteiger partial charge is 0.494 e. The molecule has 0 bridgehead atoms. The number of rotatable bonds is 9. The van der Waals surface area contributed by atoms with Crippen LogP contribution in [0.1, 0.15) is 37.0 Å². The summed E-state index contributed by atoms with van der Waals surface area (Å²) in [5.74, 6) is 0.401. The van der Waals surface area contributed by atoms with E-state index in [-0.39, 0.29) is 5.91 Å². The molecule has 0 aromatic heterocycles. The van der Waals surface area contributed by atoms with Gasteiger partial charge in [-0.2, -0.15) is 0 Å². The molecule has 0 fully saturated rings. The summed E-state index contributed by atoms with van der Waals surface area (Å²) in [7, 11) is -3.65. The molecule has 2 aromatic rings. The summed E-state index contributed by atoms with van der Waals surface area (Å²) in [6.45, 7) is 8.38. The average Bonchev–Trinajstić information content (AvgIpc) is 2.62. The zero-order chi connectivity index (χ0) is 21.6. The maximum absolute atomic E-state index is 12.9. The standard InChI is InChI=1S/C22H30N2O4S/c1-6-21(22(25)23-15-18-9-8-10-20(14-18)28-7-2)24(29(5,26)27)19-12-16(3)11-17(4)13-19/h8-14,21H,6-7,15H2,1-5H3,(H,23,25)/t21-/m0/s1. The fraction of sp³-hybridized carbons (Fsp3) is 0.409. The van der Waals surface area contributed by atoms with Crippen molar-refractivity contribution in [2.45, 2.75) is 46.7 Å². The fourth-order valence-corrected chi connectivity index (χ4v) is 4.55. The maximum atomic E-state index is 12.9. The van der Waals surface area contributed by atoms with Gasteiger partial charge in [-0.1, -0.05) is 25.1 Å². The van der Waals surface area contributed by atoms with E-state index in [9.17, 15) is 13.2 Å². The third-order valence-electron chi connectivity index (χ3n) is 4.47. The highest BCUT2D eigenvalue weighted by Gasteiger charge is 2.31. The second-order valence-corrected chi connectivity index (χ2v) is 8.99. The van der Waals surface area contributed by atoms with E-state index in [1.165, 1.54) is 4.31 Å². The number of carbonyl (C=O) groups excluding carboxylic acids is 1. The summed E-state index contributed by atoms with van der Waals surface area (Å²) in [6.07, 6.45) is 1.48. The molecular weight excluding hydrogens is 388 g/mol. The minimum absolute atomic E-state index is 0.292. The first-order chi connectivity index (χ1) is 13.7. The predicted molar refractivity (Wildman–Crippen MR) is 117 cm³/mol. The van der Waals surface area contributed by atoms with Crippen molar-refractivity contribution in [3.05, 3.63) is 59.2 Å². The number of ether oxygens (including phenoxy) is 1. The molecule has 0 spiro atoms. The average molecular weight is 419 g/mol. The normalized spacial score (nSPS) is 12.3. The van der Waals surface area contributed by atoms with E-state index >= 15 is 0 Å². The smallest absolute Gasteiger partial charge is 0.244 e. The zero-order valence-electron chi connectivity index (χ0n) is 17.7. The molecule has 0 unspecified atom stereocenters. The third kappa shape index (κ3) is 6.22. The molecule has 1 atom stereocenters. The Morgan fingerprint density at radius 3 is 2.31 bits per heavy atom. The Bertz CT molecular complexity index is 937. The summed E-state index contributed by atoms with van der Waals surface area (Å²) in [6, 6.07) is 12.2. The highest BCUT2D eigenvalue weighted by Crippen LogP contribution is 2.25. The molecule has 7 heteroatoms. The Kier molecular flexibility index (Phi) is 7.67. The molecule has 0 heterocycles. The lowest BCUT2D eigenvalue weighted by Gasteiger charge is -2.30. The van der Waals surface area contributed by atoms with Crippen molar-refractivity contribution in [2.24, 2.45) is 0 Å². The van der Waals surface area contributed by atoms with Gasteiger partial charge < -0.3 is 10.1 Å². The summed E-state index contributed by atoms with van der Waals surface area (Å²) >= 11 is 0. The van der Waals surface area contributed by atoms with Crippen molar-refractivity contribution in [1.29, 1.82) is 0 Å². The lowest BCUT2D eigenvalue weighted by Crippen LogP contribution is -2.49. The van der Waals surface area contributed by atoms with Gasteiger partial charge in [0.1, 0.15) is 11.8 Å². The molecule has 0 saturated heterocycles. The first-order valence-electron chi connectivity index (χ1n) is 9.72. The number of carbonyl (C=O) groups is 1. The van der Waals surface area contributed by atoms with E-state index in [2.05, 4.69) is 5.32 Å². The molecule has 2 rings (SSSR count).